The first-order valence-corrected chi connectivity index (χ1v) is 11.7. The molecule has 55 heavy (non-hydrogen) atoms. The number of rotatable bonds is 15. The number of esters is 1. The number of hydrogen-bond donors (Lipinski definition) is 0. The average Bonchev–Trinajstić information content (AvgIpc) is 2.94. The summed E-state index contributed by atoms with van der Waals surface area (Å²) in [6, 6.07) is 0. The van der Waals surface area contributed by atoms with Crippen molar-refractivity contribution in [2.24, 2.45) is 0 Å². The standard InChI is InChI=1S/C20H5F33O2/c1-3(2)4(54)55-18(47,20(51,52)53)16(43,44)14(39,40)12(35,36)10(31,32)8(27,28)6(23,24)5(21,22)7(25,26)9(29,30)11(33,34)13(37,38)15(41,42)17(45,46)19(48,49)50/h1H2,2H3. The fourth-order valence-electron chi connectivity index (χ4n) is 3.06. The lowest BCUT2D eigenvalue weighted by Gasteiger charge is -2.47. The van der Waals surface area contributed by atoms with Gasteiger partial charge in [-0.25, -0.2) is 4.79 Å². The van der Waals surface area contributed by atoms with Crippen molar-refractivity contribution in [1.82, 2.24) is 0 Å². The Bertz CT molecular complexity index is 1460. The summed E-state index contributed by atoms with van der Waals surface area (Å²) >= 11 is 0. The van der Waals surface area contributed by atoms with Crippen molar-refractivity contribution in [3.63, 3.8) is 0 Å². The number of hydrogen-bond acceptors (Lipinski definition) is 2. The molecule has 0 heterocycles. The molecule has 0 aliphatic carbocycles. The summed E-state index contributed by atoms with van der Waals surface area (Å²) in [5.41, 5.74) is -1.88. The molecule has 0 aromatic carbocycles. The topological polar surface area (TPSA) is 26.3 Å². The molecule has 0 rings (SSSR count). The minimum atomic E-state index is -10.3. The van der Waals surface area contributed by atoms with Crippen LogP contribution in [0.3, 0.4) is 0 Å². The minimum absolute atomic E-state index is 0.0549. The fraction of sp³-hybridized carbons (Fsp3) is 0.850. The van der Waals surface area contributed by atoms with Gasteiger partial charge in [-0.05, 0) is 6.92 Å². The third kappa shape index (κ3) is 6.13. The van der Waals surface area contributed by atoms with E-state index in [4.69, 9.17) is 0 Å². The molecule has 0 amide bonds. The highest BCUT2D eigenvalue weighted by molar-refractivity contribution is 5.87. The molecule has 0 aromatic heterocycles. The van der Waals surface area contributed by atoms with Crippen molar-refractivity contribution in [3.8, 4) is 0 Å². The van der Waals surface area contributed by atoms with Crippen LogP contribution in [-0.2, 0) is 9.53 Å². The van der Waals surface area contributed by atoms with Gasteiger partial charge in [0.05, 0.1) is 0 Å². The molecule has 0 aromatic rings. The molecule has 0 fully saturated rings. The maximum absolute atomic E-state index is 14.2. The van der Waals surface area contributed by atoms with Crippen LogP contribution in [0.2, 0.25) is 0 Å². The van der Waals surface area contributed by atoms with Crippen molar-refractivity contribution < 1.29 is 154 Å². The Balaban J connectivity index is 7.86. The fourth-order valence-corrected chi connectivity index (χ4v) is 3.06. The predicted molar refractivity (Wildman–Crippen MR) is 101 cm³/mol. The first-order chi connectivity index (χ1) is 23.1. The molecule has 328 valence electrons. The Morgan fingerprint density at radius 1 is 0.309 bits per heavy atom. The van der Waals surface area contributed by atoms with Crippen LogP contribution < -0.4 is 0 Å². The second-order valence-corrected chi connectivity index (χ2v) is 10.2. The zero-order chi connectivity index (χ0) is 45.9. The second kappa shape index (κ2) is 12.7. The SMILES string of the molecule is C=C(C)C(=O)OC(F)(C(F)(F)F)C(F)(F)C(F)(F)C(F)(F)C(F)(F)C(F)(F)C(F)(F)C(F)(F)C(F)(F)C(F)(F)C(F)(F)C(F)(F)C(F)(F)C(F)(F)C(F)(F)F. The Kier molecular flexibility index (Phi) is 12.0. The zero-order valence-electron chi connectivity index (χ0n) is 24.0. The van der Waals surface area contributed by atoms with Crippen molar-refractivity contribution in [3.05, 3.63) is 12.2 Å². The highest BCUT2D eigenvalue weighted by Crippen LogP contribution is 2.70. The predicted octanol–water partition coefficient (Wildman–Crippen LogP) is 11.2. The molecule has 1 atom stereocenters. The third-order valence-electron chi connectivity index (χ3n) is 6.44. The van der Waals surface area contributed by atoms with Gasteiger partial charge in [0, 0.05) is 5.57 Å². The summed E-state index contributed by atoms with van der Waals surface area (Å²) in [7, 11) is 0. The van der Waals surface area contributed by atoms with Gasteiger partial charge >= 0.3 is 101 Å². The van der Waals surface area contributed by atoms with Gasteiger partial charge in [-0.3, -0.25) is 0 Å². The van der Waals surface area contributed by atoms with E-state index in [0.29, 0.717) is 0 Å². The quantitative estimate of drug-likeness (QED) is 0.0930. The van der Waals surface area contributed by atoms with Gasteiger partial charge in [-0.1, -0.05) is 6.58 Å². The van der Waals surface area contributed by atoms with Crippen LogP contribution in [0.5, 0.6) is 0 Å². The highest BCUT2D eigenvalue weighted by atomic mass is 19.4. The third-order valence-corrected chi connectivity index (χ3v) is 6.44. The molecule has 0 aliphatic heterocycles. The Hall–Kier alpha value is -3.10. The monoisotopic (exact) mass is 904 g/mol. The van der Waals surface area contributed by atoms with Crippen molar-refractivity contribution in [2.45, 2.75) is 102 Å². The van der Waals surface area contributed by atoms with E-state index in [2.05, 4.69) is 11.3 Å². The molecule has 0 bridgehead atoms. The Morgan fingerprint density at radius 3 is 0.618 bits per heavy atom. The van der Waals surface area contributed by atoms with E-state index in [1.165, 1.54) is 0 Å². The van der Waals surface area contributed by atoms with Gasteiger partial charge in [-0.2, -0.15) is 145 Å². The molecule has 2 nitrogen and oxygen atoms in total. The summed E-state index contributed by atoms with van der Waals surface area (Å²) in [6.07, 6.45) is -16.6. The molecule has 35 heteroatoms. The Labute approximate surface area is 276 Å². The molecule has 0 N–H and O–H groups in total. The molecule has 0 aliphatic rings. The molecule has 1 unspecified atom stereocenters. The van der Waals surface area contributed by atoms with E-state index >= 15 is 0 Å². The summed E-state index contributed by atoms with van der Waals surface area (Å²) in [6.45, 7) is 2.10. The van der Waals surface area contributed by atoms with Gasteiger partial charge in [0.1, 0.15) is 0 Å². The minimum Gasteiger partial charge on any atom is -0.411 e. The van der Waals surface area contributed by atoms with Crippen LogP contribution >= 0.6 is 0 Å². The number of alkyl halides is 33. The number of halogens is 33. The van der Waals surface area contributed by atoms with Gasteiger partial charge in [-0.15, -0.1) is 0 Å². The lowest BCUT2D eigenvalue weighted by molar-refractivity contribution is -0.495. The van der Waals surface area contributed by atoms with Crippen molar-refractivity contribution >= 4 is 5.97 Å². The molecule has 0 saturated carbocycles. The van der Waals surface area contributed by atoms with E-state index in [1.54, 1.807) is 0 Å². The normalized spacial score (nSPS) is 17.6. The summed E-state index contributed by atoms with van der Waals surface area (Å²) < 4.78 is 448. The van der Waals surface area contributed by atoms with Crippen molar-refractivity contribution in [2.75, 3.05) is 0 Å². The smallest absolute Gasteiger partial charge is 0.411 e. The zero-order valence-corrected chi connectivity index (χ0v) is 24.0. The highest BCUT2D eigenvalue weighted by Gasteiger charge is 3.02. The lowest BCUT2D eigenvalue weighted by atomic mass is 9.83. The van der Waals surface area contributed by atoms with Gasteiger partial charge < -0.3 is 4.74 Å². The maximum atomic E-state index is 14.2. The van der Waals surface area contributed by atoms with Gasteiger partial charge in [0.15, 0.2) is 0 Å². The van der Waals surface area contributed by atoms with E-state index in [1.807, 2.05) is 0 Å². The van der Waals surface area contributed by atoms with Crippen LogP contribution in [0.4, 0.5) is 145 Å². The lowest BCUT2D eigenvalue weighted by Crippen LogP contribution is -2.80. The Morgan fingerprint density at radius 2 is 0.473 bits per heavy atom. The van der Waals surface area contributed by atoms with Crippen molar-refractivity contribution in [1.29, 1.82) is 0 Å². The van der Waals surface area contributed by atoms with E-state index in [9.17, 15) is 150 Å². The number of carbonyl (C=O) groups excluding carboxylic acids is 1. The van der Waals surface area contributed by atoms with Crippen LogP contribution in [0, 0.1) is 0 Å². The molecular weight excluding hydrogens is 899 g/mol. The number of carbonyl (C=O) groups is 1. The summed E-state index contributed by atoms with van der Waals surface area (Å²) in [5.74, 6) is -140. The summed E-state index contributed by atoms with van der Waals surface area (Å²) in [5, 5.41) is 0. The molecule has 0 saturated heterocycles. The van der Waals surface area contributed by atoms with Crippen LogP contribution in [0.25, 0.3) is 0 Å². The summed E-state index contributed by atoms with van der Waals surface area (Å²) in [4.78, 5) is 11.0. The maximum Gasteiger partial charge on any atom is 0.467 e. The molecule has 0 radical (unpaired) electrons. The van der Waals surface area contributed by atoms with Gasteiger partial charge in [0.25, 0.3) is 0 Å². The van der Waals surface area contributed by atoms with Crippen LogP contribution in [0.15, 0.2) is 12.2 Å². The van der Waals surface area contributed by atoms with Gasteiger partial charge in [0.2, 0.25) is 0 Å². The van der Waals surface area contributed by atoms with Crippen LogP contribution in [0.1, 0.15) is 6.92 Å². The average molecular weight is 904 g/mol. The number of ether oxygens (including phenoxy) is 1. The first kappa shape index (κ1) is 51.9. The van der Waals surface area contributed by atoms with E-state index in [-0.39, 0.29) is 6.92 Å². The van der Waals surface area contributed by atoms with Crippen LogP contribution in [-0.4, -0.2) is 101 Å². The largest absolute Gasteiger partial charge is 0.467 e. The van der Waals surface area contributed by atoms with E-state index < -0.39 is 107 Å². The second-order valence-electron chi connectivity index (χ2n) is 10.2. The first-order valence-electron chi connectivity index (χ1n) is 11.7. The molecular formula is C20H5F33O2. The molecule has 0 spiro atoms. The van der Waals surface area contributed by atoms with E-state index in [0.717, 1.165) is 0 Å².